The summed E-state index contributed by atoms with van der Waals surface area (Å²) in [5.41, 5.74) is 2.32. The maximum Gasteiger partial charge on any atom is 0.315 e. The fraction of sp³-hybridized carbons (Fsp3) is 0.368. The fourth-order valence-corrected chi connectivity index (χ4v) is 4.47. The van der Waals surface area contributed by atoms with Crippen molar-refractivity contribution in [2.45, 2.75) is 18.4 Å². The summed E-state index contributed by atoms with van der Waals surface area (Å²) >= 11 is 1.68. The van der Waals surface area contributed by atoms with Gasteiger partial charge in [-0.05, 0) is 24.3 Å². The van der Waals surface area contributed by atoms with Gasteiger partial charge in [0.05, 0.1) is 11.4 Å². The topological polar surface area (TPSA) is 87.5 Å². The van der Waals surface area contributed by atoms with Gasteiger partial charge in [0.25, 0.3) is 0 Å². The Morgan fingerprint density at radius 1 is 1.03 bits per heavy atom. The van der Waals surface area contributed by atoms with E-state index in [1.54, 1.807) is 33.5 Å². The smallest absolute Gasteiger partial charge is 0.315 e. The number of fused-ring (bicyclic) bond motifs is 1. The van der Waals surface area contributed by atoms with Crippen LogP contribution in [0.2, 0.25) is 0 Å². The molecular weight excluding hydrogens is 397 g/mol. The first-order valence-corrected chi connectivity index (χ1v) is 10.4. The number of amides is 3. The van der Waals surface area contributed by atoms with Gasteiger partial charge in [-0.25, -0.2) is 9.07 Å². The van der Waals surface area contributed by atoms with Crippen LogP contribution in [0.15, 0.2) is 24.3 Å². The largest absolute Gasteiger partial charge is 0.339 e. The van der Waals surface area contributed by atoms with Gasteiger partial charge in [-0.15, -0.1) is 0 Å². The molecule has 1 N–H and O–H groups in total. The lowest BCUT2D eigenvalue weighted by Crippen LogP contribution is -2.52. The molecule has 0 spiro atoms. The third-order valence-corrected chi connectivity index (χ3v) is 6.03. The van der Waals surface area contributed by atoms with Gasteiger partial charge in [-0.2, -0.15) is 16.9 Å². The Labute approximate surface area is 171 Å². The van der Waals surface area contributed by atoms with Gasteiger partial charge >= 0.3 is 11.8 Å². The summed E-state index contributed by atoms with van der Waals surface area (Å²) in [5.74, 6) is 0.0404. The van der Waals surface area contributed by atoms with Crippen molar-refractivity contribution in [3.05, 3.63) is 41.3 Å². The Hall–Kier alpha value is -2.88. The van der Waals surface area contributed by atoms with Gasteiger partial charge < -0.3 is 15.1 Å². The molecule has 3 amide bonds. The van der Waals surface area contributed by atoms with Gasteiger partial charge in [-0.1, -0.05) is 0 Å². The number of anilines is 1. The number of halogens is 1. The zero-order chi connectivity index (χ0) is 20.5. The highest BCUT2D eigenvalue weighted by atomic mass is 32.2. The molecule has 1 saturated heterocycles. The number of hydrogen-bond acceptors (Lipinski definition) is 5. The van der Waals surface area contributed by atoms with Crippen LogP contribution in [-0.4, -0.2) is 63.5 Å². The molecule has 1 aromatic heterocycles. The fourth-order valence-electron chi connectivity index (χ4n) is 3.44. The van der Waals surface area contributed by atoms with Crippen LogP contribution in [0.1, 0.15) is 18.2 Å². The Morgan fingerprint density at radius 2 is 1.69 bits per heavy atom. The van der Waals surface area contributed by atoms with E-state index in [0.717, 1.165) is 11.3 Å². The Morgan fingerprint density at radius 3 is 2.34 bits per heavy atom. The predicted octanol–water partition coefficient (Wildman–Crippen LogP) is 1.39. The minimum Gasteiger partial charge on any atom is -0.339 e. The molecule has 4 rings (SSSR count). The molecular formula is C19H20FN5O3S. The van der Waals surface area contributed by atoms with Gasteiger partial charge in [0.1, 0.15) is 11.6 Å². The van der Waals surface area contributed by atoms with E-state index in [2.05, 4.69) is 10.4 Å². The monoisotopic (exact) mass is 417 g/mol. The molecule has 8 nitrogen and oxygen atoms in total. The summed E-state index contributed by atoms with van der Waals surface area (Å²) < 4.78 is 14.8. The van der Waals surface area contributed by atoms with E-state index in [1.165, 1.54) is 24.0 Å². The lowest BCUT2D eigenvalue weighted by Gasteiger charge is -2.33. The van der Waals surface area contributed by atoms with Crippen LogP contribution < -0.4 is 5.32 Å². The number of nitrogens with one attached hydrogen (secondary N) is 1. The molecule has 0 aliphatic carbocycles. The lowest BCUT2D eigenvalue weighted by molar-refractivity contribution is -0.145. The highest BCUT2D eigenvalue weighted by Gasteiger charge is 2.30. The average Bonchev–Trinajstić information content (AvgIpc) is 3.31. The van der Waals surface area contributed by atoms with Crippen LogP contribution in [0.25, 0.3) is 5.69 Å². The summed E-state index contributed by atoms with van der Waals surface area (Å²) in [5, 5.41) is 7.25. The summed E-state index contributed by atoms with van der Waals surface area (Å²) in [6.45, 7) is 2.94. The molecule has 152 valence electrons. The molecule has 3 heterocycles. The molecule has 0 unspecified atom stereocenters. The number of hydrogen-bond donors (Lipinski definition) is 1. The maximum atomic E-state index is 13.3. The van der Waals surface area contributed by atoms with Crippen molar-refractivity contribution in [2.75, 3.05) is 31.5 Å². The van der Waals surface area contributed by atoms with Crippen molar-refractivity contribution in [1.82, 2.24) is 19.6 Å². The van der Waals surface area contributed by atoms with E-state index in [4.69, 9.17) is 0 Å². The van der Waals surface area contributed by atoms with E-state index in [0.29, 0.717) is 49.2 Å². The van der Waals surface area contributed by atoms with Crippen molar-refractivity contribution < 1.29 is 18.8 Å². The normalized spacial score (nSPS) is 15.9. The number of piperazine rings is 1. The van der Waals surface area contributed by atoms with Crippen molar-refractivity contribution in [2.24, 2.45) is 0 Å². The van der Waals surface area contributed by atoms with E-state index in [1.807, 2.05) is 0 Å². The molecule has 0 saturated carbocycles. The van der Waals surface area contributed by atoms with Crippen molar-refractivity contribution in [3.63, 3.8) is 0 Å². The Balaban J connectivity index is 1.53. The third-order valence-electron chi connectivity index (χ3n) is 5.06. The number of nitrogens with zero attached hydrogens (tertiary/aromatic N) is 4. The second-order valence-corrected chi connectivity index (χ2v) is 7.89. The number of aromatic nitrogens is 2. The standard InChI is InChI=1S/C19H20FN5O3S/c1-12(26)23-6-8-24(9-7-23)19(28)18(27)21-17-15-10-29-11-16(15)22-25(17)14-4-2-13(20)3-5-14/h2-5H,6-11H2,1H3,(H,21,27). The third kappa shape index (κ3) is 3.84. The first-order chi connectivity index (χ1) is 13.9. The highest BCUT2D eigenvalue weighted by molar-refractivity contribution is 7.98. The molecule has 0 radical (unpaired) electrons. The van der Waals surface area contributed by atoms with Crippen molar-refractivity contribution in [1.29, 1.82) is 0 Å². The Bertz CT molecular complexity index is 967. The highest BCUT2D eigenvalue weighted by Crippen LogP contribution is 2.36. The van der Waals surface area contributed by atoms with Gasteiger partial charge in [0, 0.05) is 50.2 Å². The summed E-state index contributed by atoms with van der Waals surface area (Å²) in [6.07, 6.45) is 0. The average molecular weight is 417 g/mol. The van der Waals surface area contributed by atoms with Crippen LogP contribution in [0.4, 0.5) is 10.2 Å². The summed E-state index contributed by atoms with van der Waals surface area (Å²) in [6, 6.07) is 5.79. The quantitative estimate of drug-likeness (QED) is 0.746. The van der Waals surface area contributed by atoms with Crippen LogP contribution in [0, 0.1) is 5.82 Å². The molecule has 29 heavy (non-hydrogen) atoms. The van der Waals surface area contributed by atoms with Crippen LogP contribution in [0.3, 0.4) is 0 Å². The molecule has 2 aliphatic heterocycles. The second-order valence-electron chi connectivity index (χ2n) is 6.91. The summed E-state index contributed by atoms with van der Waals surface area (Å²) in [4.78, 5) is 39.8. The number of rotatable bonds is 2. The number of thioether (sulfide) groups is 1. The lowest BCUT2D eigenvalue weighted by atomic mass is 10.2. The zero-order valence-electron chi connectivity index (χ0n) is 15.9. The van der Waals surface area contributed by atoms with E-state index in [9.17, 15) is 18.8 Å². The van der Waals surface area contributed by atoms with Crippen LogP contribution >= 0.6 is 11.8 Å². The SMILES string of the molecule is CC(=O)N1CCN(C(=O)C(=O)Nc2c3c(nn2-c2ccc(F)cc2)CSC3)CC1. The number of carbonyl (C=O) groups excluding carboxylic acids is 3. The number of benzene rings is 1. The molecule has 0 atom stereocenters. The minimum atomic E-state index is -0.746. The number of carbonyl (C=O) groups is 3. The second kappa shape index (κ2) is 7.86. The molecule has 1 aromatic carbocycles. The van der Waals surface area contributed by atoms with Crippen LogP contribution in [0.5, 0.6) is 0 Å². The predicted molar refractivity (Wildman–Crippen MR) is 106 cm³/mol. The Kier molecular flexibility index (Phi) is 5.27. The van der Waals surface area contributed by atoms with Crippen molar-refractivity contribution >= 4 is 35.3 Å². The summed E-state index contributed by atoms with van der Waals surface area (Å²) in [7, 11) is 0. The molecule has 0 bridgehead atoms. The van der Waals surface area contributed by atoms with E-state index < -0.39 is 11.8 Å². The van der Waals surface area contributed by atoms with Crippen molar-refractivity contribution in [3.8, 4) is 5.69 Å². The van der Waals surface area contributed by atoms with Gasteiger partial charge in [0.2, 0.25) is 5.91 Å². The maximum absolute atomic E-state index is 13.3. The first-order valence-electron chi connectivity index (χ1n) is 9.24. The molecule has 2 aliphatic rings. The first kappa shape index (κ1) is 19.4. The van der Waals surface area contributed by atoms with E-state index in [-0.39, 0.29) is 11.7 Å². The van der Waals surface area contributed by atoms with Crippen LogP contribution in [-0.2, 0) is 25.9 Å². The van der Waals surface area contributed by atoms with Gasteiger partial charge in [0.15, 0.2) is 0 Å². The molecule has 10 heteroatoms. The van der Waals surface area contributed by atoms with E-state index >= 15 is 0 Å². The molecule has 2 aromatic rings. The minimum absolute atomic E-state index is 0.0437. The zero-order valence-corrected chi connectivity index (χ0v) is 16.7. The van der Waals surface area contributed by atoms with Gasteiger partial charge in [-0.3, -0.25) is 14.4 Å². The molecule has 1 fully saturated rings.